The standard InChI is InChI=1S/C14H23N3/c1-2-4-14-12-17(10-3-7-16-14)11-13-5-8-15-9-6-13/h5-6,8-9,14,16H,2-4,7,10-12H2,1H3. The second-order valence-electron chi connectivity index (χ2n) is 4.88. The highest BCUT2D eigenvalue weighted by molar-refractivity contribution is 5.09. The van der Waals surface area contributed by atoms with Gasteiger partial charge in [0.05, 0.1) is 0 Å². The molecule has 17 heavy (non-hydrogen) atoms. The fraction of sp³-hybridized carbons (Fsp3) is 0.643. The van der Waals surface area contributed by atoms with E-state index in [2.05, 4.69) is 34.3 Å². The summed E-state index contributed by atoms with van der Waals surface area (Å²) in [5.74, 6) is 0. The molecule has 1 atom stereocenters. The van der Waals surface area contributed by atoms with Gasteiger partial charge < -0.3 is 5.32 Å². The lowest BCUT2D eigenvalue weighted by Gasteiger charge is -2.24. The fourth-order valence-corrected chi connectivity index (χ4v) is 2.51. The molecule has 1 fully saturated rings. The quantitative estimate of drug-likeness (QED) is 0.862. The highest BCUT2D eigenvalue weighted by Crippen LogP contribution is 2.09. The second kappa shape index (κ2) is 6.72. The number of pyridine rings is 1. The molecule has 0 bridgehead atoms. The molecule has 0 saturated carbocycles. The lowest BCUT2D eigenvalue weighted by atomic mass is 10.1. The van der Waals surface area contributed by atoms with Crippen LogP contribution in [0.25, 0.3) is 0 Å². The topological polar surface area (TPSA) is 28.2 Å². The Kier molecular flexibility index (Phi) is 4.95. The molecule has 94 valence electrons. The van der Waals surface area contributed by atoms with Gasteiger partial charge in [-0.1, -0.05) is 13.3 Å². The van der Waals surface area contributed by atoms with Crippen molar-refractivity contribution in [3.63, 3.8) is 0 Å². The van der Waals surface area contributed by atoms with Crippen LogP contribution in [0.15, 0.2) is 24.5 Å². The summed E-state index contributed by atoms with van der Waals surface area (Å²) in [6.07, 6.45) is 7.57. The van der Waals surface area contributed by atoms with Gasteiger partial charge in [0, 0.05) is 31.5 Å². The lowest BCUT2D eigenvalue weighted by molar-refractivity contribution is 0.255. The summed E-state index contributed by atoms with van der Waals surface area (Å²) >= 11 is 0. The Morgan fingerprint density at radius 1 is 1.41 bits per heavy atom. The van der Waals surface area contributed by atoms with Gasteiger partial charge in [-0.25, -0.2) is 0 Å². The van der Waals surface area contributed by atoms with Crippen molar-refractivity contribution in [1.29, 1.82) is 0 Å². The minimum Gasteiger partial charge on any atom is -0.313 e. The fourth-order valence-electron chi connectivity index (χ4n) is 2.51. The van der Waals surface area contributed by atoms with Gasteiger partial charge in [0.15, 0.2) is 0 Å². The minimum absolute atomic E-state index is 0.671. The summed E-state index contributed by atoms with van der Waals surface area (Å²) in [6.45, 7) is 6.87. The molecule has 0 aromatic carbocycles. The Labute approximate surface area is 104 Å². The van der Waals surface area contributed by atoms with E-state index in [-0.39, 0.29) is 0 Å². The summed E-state index contributed by atoms with van der Waals surface area (Å²) in [7, 11) is 0. The Bertz CT molecular complexity index is 313. The third-order valence-electron chi connectivity index (χ3n) is 3.36. The summed E-state index contributed by atoms with van der Waals surface area (Å²) in [5.41, 5.74) is 1.37. The number of nitrogens with one attached hydrogen (secondary N) is 1. The first-order valence-corrected chi connectivity index (χ1v) is 6.73. The zero-order chi connectivity index (χ0) is 11.9. The van der Waals surface area contributed by atoms with E-state index in [9.17, 15) is 0 Å². The first-order valence-electron chi connectivity index (χ1n) is 6.73. The van der Waals surface area contributed by atoms with Gasteiger partial charge in [-0.15, -0.1) is 0 Å². The van der Waals surface area contributed by atoms with Gasteiger partial charge in [-0.05, 0) is 43.6 Å². The number of rotatable bonds is 4. The van der Waals surface area contributed by atoms with Crippen molar-refractivity contribution in [2.24, 2.45) is 0 Å². The van der Waals surface area contributed by atoms with Crippen LogP contribution in [-0.2, 0) is 6.54 Å². The van der Waals surface area contributed by atoms with Crippen LogP contribution in [0.3, 0.4) is 0 Å². The average Bonchev–Trinajstić information content (AvgIpc) is 2.56. The van der Waals surface area contributed by atoms with E-state index in [1.165, 1.54) is 37.9 Å². The predicted octanol–water partition coefficient (Wildman–Crippen LogP) is 2.05. The van der Waals surface area contributed by atoms with Crippen LogP contribution in [0.4, 0.5) is 0 Å². The van der Waals surface area contributed by atoms with Gasteiger partial charge in [0.1, 0.15) is 0 Å². The van der Waals surface area contributed by atoms with E-state index in [0.29, 0.717) is 6.04 Å². The summed E-state index contributed by atoms with van der Waals surface area (Å²) in [4.78, 5) is 6.64. The van der Waals surface area contributed by atoms with Crippen molar-refractivity contribution in [2.75, 3.05) is 19.6 Å². The van der Waals surface area contributed by atoms with Crippen LogP contribution in [0.5, 0.6) is 0 Å². The van der Waals surface area contributed by atoms with Gasteiger partial charge in [0.2, 0.25) is 0 Å². The maximum Gasteiger partial charge on any atom is 0.0271 e. The van der Waals surface area contributed by atoms with Gasteiger partial charge >= 0.3 is 0 Å². The van der Waals surface area contributed by atoms with E-state index in [4.69, 9.17) is 0 Å². The Hall–Kier alpha value is -0.930. The molecule has 1 aromatic heterocycles. The molecule has 0 amide bonds. The van der Waals surface area contributed by atoms with Crippen LogP contribution in [0, 0.1) is 0 Å². The second-order valence-corrected chi connectivity index (χ2v) is 4.88. The smallest absolute Gasteiger partial charge is 0.0271 e. The number of aromatic nitrogens is 1. The van der Waals surface area contributed by atoms with Crippen molar-refractivity contribution >= 4 is 0 Å². The third-order valence-corrected chi connectivity index (χ3v) is 3.36. The van der Waals surface area contributed by atoms with Crippen LogP contribution in [0.2, 0.25) is 0 Å². The van der Waals surface area contributed by atoms with Crippen LogP contribution in [-0.4, -0.2) is 35.6 Å². The molecular weight excluding hydrogens is 210 g/mol. The average molecular weight is 233 g/mol. The maximum absolute atomic E-state index is 4.07. The van der Waals surface area contributed by atoms with E-state index in [1.54, 1.807) is 0 Å². The molecule has 2 heterocycles. The predicted molar refractivity (Wildman–Crippen MR) is 70.8 cm³/mol. The number of hydrogen-bond acceptors (Lipinski definition) is 3. The van der Waals surface area contributed by atoms with E-state index < -0.39 is 0 Å². The van der Waals surface area contributed by atoms with Crippen molar-refractivity contribution in [2.45, 2.75) is 38.8 Å². The molecule has 1 unspecified atom stereocenters. The van der Waals surface area contributed by atoms with Crippen molar-refractivity contribution in [3.05, 3.63) is 30.1 Å². The molecule has 1 aromatic rings. The lowest BCUT2D eigenvalue weighted by Crippen LogP contribution is -2.37. The SMILES string of the molecule is CCCC1CN(Cc2ccncc2)CCCN1. The summed E-state index contributed by atoms with van der Waals surface area (Å²) < 4.78 is 0. The van der Waals surface area contributed by atoms with Crippen LogP contribution in [0.1, 0.15) is 31.7 Å². The Balaban J connectivity index is 1.90. The molecule has 1 N–H and O–H groups in total. The first kappa shape index (κ1) is 12.5. The van der Waals surface area contributed by atoms with Crippen LogP contribution >= 0.6 is 0 Å². The van der Waals surface area contributed by atoms with Gasteiger partial charge in [-0.2, -0.15) is 0 Å². The van der Waals surface area contributed by atoms with Crippen molar-refractivity contribution < 1.29 is 0 Å². The zero-order valence-corrected chi connectivity index (χ0v) is 10.7. The third kappa shape index (κ3) is 4.10. The molecule has 0 spiro atoms. The monoisotopic (exact) mass is 233 g/mol. The first-order chi connectivity index (χ1) is 8.38. The molecule has 1 aliphatic heterocycles. The largest absolute Gasteiger partial charge is 0.313 e. The molecule has 2 rings (SSSR count). The molecular formula is C14H23N3. The molecule has 1 saturated heterocycles. The highest BCUT2D eigenvalue weighted by Gasteiger charge is 2.16. The number of nitrogens with zero attached hydrogens (tertiary/aromatic N) is 2. The summed E-state index contributed by atoms with van der Waals surface area (Å²) in [6, 6.07) is 4.91. The van der Waals surface area contributed by atoms with E-state index in [0.717, 1.165) is 13.1 Å². The molecule has 1 aliphatic rings. The minimum atomic E-state index is 0.671. The van der Waals surface area contributed by atoms with Gasteiger partial charge in [0.25, 0.3) is 0 Å². The molecule has 3 heteroatoms. The van der Waals surface area contributed by atoms with Crippen LogP contribution < -0.4 is 5.32 Å². The van der Waals surface area contributed by atoms with E-state index >= 15 is 0 Å². The summed E-state index contributed by atoms with van der Waals surface area (Å²) in [5, 5.41) is 3.64. The zero-order valence-electron chi connectivity index (χ0n) is 10.7. The Morgan fingerprint density at radius 3 is 3.00 bits per heavy atom. The van der Waals surface area contributed by atoms with Crippen molar-refractivity contribution in [3.8, 4) is 0 Å². The molecule has 0 radical (unpaired) electrons. The Morgan fingerprint density at radius 2 is 2.24 bits per heavy atom. The van der Waals surface area contributed by atoms with E-state index in [1.807, 2.05) is 12.4 Å². The molecule has 3 nitrogen and oxygen atoms in total. The molecule has 0 aliphatic carbocycles. The number of hydrogen-bond donors (Lipinski definition) is 1. The normalized spacial score (nSPS) is 22.3. The maximum atomic E-state index is 4.07. The van der Waals surface area contributed by atoms with Crippen molar-refractivity contribution in [1.82, 2.24) is 15.2 Å². The van der Waals surface area contributed by atoms with Gasteiger partial charge in [-0.3, -0.25) is 9.88 Å². The highest BCUT2D eigenvalue weighted by atomic mass is 15.2.